The number of hydrogen-bond acceptors (Lipinski definition) is 4. The van der Waals surface area contributed by atoms with Crippen LogP contribution in [0.3, 0.4) is 0 Å². The van der Waals surface area contributed by atoms with E-state index in [4.69, 9.17) is 4.74 Å². The summed E-state index contributed by atoms with van der Waals surface area (Å²) in [7, 11) is 1.72. The average molecular weight is 260 g/mol. The average Bonchev–Trinajstić information content (AvgIpc) is 2.91. The van der Waals surface area contributed by atoms with Crippen LogP contribution in [0.2, 0.25) is 0 Å². The Hall–Kier alpha value is -1.55. The molecule has 1 aromatic carbocycles. The van der Waals surface area contributed by atoms with E-state index in [1.165, 1.54) is 24.0 Å². The molecule has 1 N–H and O–H groups in total. The van der Waals surface area contributed by atoms with E-state index < -0.39 is 0 Å². The molecule has 0 saturated heterocycles. The molecular formula is C14H16N2OS. The van der Waals surface area contributed by atoms with E-state index in [-0.39, 0.29) is 0 Å². The van der Waals surface area contributed by atoms with Crippen LogP contribution in [0.15, 0.2) is 29.8 Å². The lowest BCUT2D eigenvalue weighted by molar-refractivity contribution is 0.413. The Morgan fingerprint density at radius 1 is 1.44 bits per heavy atom. The summed E-state index contributed by atoms with van der Waals surface area (Å²) in [5.74, 6) is 0.948. The van der Waals surface area contributed by atoms with E-state index in [9.17, 15) is 0 Å². The molecule has 0 spiro atoms. The maximum atomic E-state index is 5.29. The summed E-state index contributed by atoms with van der Waals surface area (Å²) < 4.78 is 5.29. The molecular weight excluding hydrogens is 244 g/mol. The molecule has 0 bridgehead atoms. The zero-order valence-electron chi connectivity index (χ0n) is 10.3. The van der Waals surface area contributed by atoms with Crippen LogP contribution < -0.4 is 10.1 Å². The normalized spacial score (nSPS) is 18.2. The molecule has 0 saturated carbocycles. The van der Waals surface area contributed by atoms with Gasteiger partial charge in [-0.25, -0.2) is 4.98 Å². The summed E-state index contributed by atoms with van der Waals surface area (Å²) in [5.41, 5.74) is 2.78. The van der Waals surface area contributed by atoms with Crippen LogP contribution in [0.1, 0.15) is 30.0 Å². The van der Waals surface area contributed by atoms with Gasteiger partial charge in [0.2, 0.25) is 0 Å². The molecule has 0 aliphatic heterocycles. The zero-order chi connectivity index (χ0) is 12.4. The van der Waals surface area contributed by atoms with Crippen molar-refractivity contribution in [1.29, 1.82) is 0 Å². The predicted molar refractivity (Wildman–Crippen MR) is 74.4 cm³/mol. The number of methoxy groups -OCH3 is 1. The molecule has 3 nitrogen and oxygen atoms in total. The Labute approximate surface area is 111 Å². The predicted octanol–water partition coefficient (Wildman–Crippen LogP) is 3.64. The fourth-order valence-electron chi connectivity index (χ4n) is 2.51. The Bertz CT molecular complexity index is 525. The van der Waals surface area contributed by atoms with Crippen molar-refractivity contribution in [3.8, 4) is 5.75 Å². The van der Waals surface area contributed by atoms with Crippen molar-refractivity contribution in [3.05, 3.63) is 40.9 Å². The second-order valence-corrected chi connectivity index (χ2v) is 5.39. The first-order valence-electron chi connectivity index (χ1n) is 6.19. The quantitative estimate of drug-likeness (QED) is 0.914. The number of nitrogens with zero attached hydrogens (tertiary/aromatic N) is 1. The fraction of sp³-hybridized carbons (Fsp3) is 0.357. The molecule has 94 valence electrons. The summed E-state index contributed by atoms with van der Waals surface area (Å²) in [6, 6.07) is 6.76. The first-order chi connectivity index (χ1) is 8.86. The van der Waals surface area contributed by atoms with Crippen molar-refractivity contribution in [1.82, 2.24) is 4.98 Å². The van der Waals surface area contributed by atoms with E-state index in [1.807, 2.05) is 17.6 Å². The minimum absolute atomic E-state index is 0.380. The summed E-state index contributed by atoms with van der Waals surface area (Å²) in [5, 5.41) is 6.52. The van der Waals surface area contributed by atoms with E-state index in [1.54, 1.807) is 18.4 Å². The Morgan fingerprint density at radius 2 is 2.39 bits per heavy atom. The van der Waals surface area contributed by atoms with Gasteiger partial charge < -0.3 is 10.1 Å². The van der Waals surface area contributed by atoms with Gasteiger partial charge in [-0.05, 0) is 42.5 Å². The summed E-state index contributed by atoms with van der Waals surface area (Å²) in [6.07, 6.45) is 5.36. The van der Waals surface area contributed by atoms with Crippen LogP contribution in [-0.2, 0) is 6.42 Å². The van der Waals surface area contributed by atoms with Crippen molar-refractivity contribution in [2.75, 3.05) is 12.4 Å². The van der Waals surface area contributed by atoms with Crippen LogP contribution >= 0.6 is 11.3 Å². The largest absolute Gasteiger partial charge is 0.497 e. The van der Waals surface area contributed by atoms with Gasteiger partial charge in [0.15, 0.2) is 5.13 Å². The number of ether oxygens (including phenoxy) is 1. The second kappa shape index (κ2) is 4.98. The molecule has 0 fully saturated rings. The third-order valence-corrected chi connectivity index (χ3v) is 4.10. The SMILES string of the molecule is COc1ccc2c(c1)CCCC2Nc1nccs1. The first-order valence-corrected chi connectivity index (χ1v) is 7.07. The fourth-order valence-corrected chi connectivity index (χ4v) is 3.09. The molecule has 18 heavy (non-hydrogen) atoms. The first kappa shape index (κ1) is 11.5. The van der Waals surface area contributed by atoms with Crippen LogP contribution in [0, 0.1) is 0 Å². The van der Waals surface area contributed by atoms with Gasteiger partial charge in [-0.1, -0.05) is 6.07 Å². The molecule has 1 aliphatic carbocycles. The van der Waals surface area contributed by atoms with Gasteiger partial charge in [0.1, 0.15) is 5.75 Å². The van der Waals surface area contributed by atoms with Crippen LogP contribution in [0.4, 0.5) is 5.13 Å². The highest BCUT2D eigenvalue weighted by Gasteiger charge is 2.20. The number of nitrogens with one attached hydrogen (secondary N) is 1. The third kappa shape index (κ3) is 2.20. The van der Waals surface area contributed by atoms with Gasteiger partial charge >= 0.3 is 0 Å². The van der Waals surface area contributed by atoms with Crippen molar-refractivity contribution in [2.45, 2.75) is 25.3 Å². The maximum absolute atomic E-state index is 5.29. The Balaban J connectivity index is 1.87. The van der Waals surface area contributed by atoms with Gasteiger partial charge in [0.05, 0.1) is 13.2 Å². The molecule has 3 rings (SSSR count). The molecule has 1 atom stereocenters. The number of aromatic nitrogens is 1. The molecule has 1 heterocycles. The van der Waals surface area contributed by atoms with Gasteiger partial charge in [-0.3, -0.25) is 0 Å². The topological polar surface area (TPSA) is 34.1 Å². The van der Waals surface area contributed by atoms with Gasteiger partial charge in [-0.15, -0.1) is 11.3 Å². The minimum atomic E-state index is 0.380. The van der Waals surface area contributed by atoms with Gasteiger partial charge in [0.25, 0.3) is 0 Å². The standard InChI is InChI=1S/C14H16N2OS/c1-17-11-5-6-12-10(9-11)3-2-4-13(12)16-14-15-7-8-18-14/h5-9,13H,2-4H2,1H3,(H,15,16). The molecule has 0 radical (unpaired) electrons. The van der Waals surface area contributed by atoms with E-state index in [2.05, 4.69) is 22.4 Å². The summed E-state index contributed by atoms with van der Waals surface area (Å²) in [4.78, 5) is 4.30. The van der Waals surface area contributed by atoms with Crippen LogP contribution in [-0.4, -0.2) is 12.1 Å². The smallest absolute Gasteiger partial charge is 0.183 e. The minimum Gasteiger partial charge on any atom is -0.497 e. The lowest BCUT2D eigenvalue weighted by Crippen LogP contribution is -2.17. The zero-order valence-corrected chi connectivity index (χ0v) is 11.2. The van der Waals surface area contributed by atoms with Crippen LogP contribution in [0.5, 0.6) is 5.75 Å². The summed E-state index contributed by atoms with van der Waals surface area (Å²) in [6.45, 7) is 0. The molecule has 1 unspecified atom stereocenters. The Kier molecular flexibility index (Phi) is 3.19. The van der Waals surface area contributed by atoms with E-state index in [0.29, 0.717) is 6.04 Å². The van der Waals surface area contributed by atoms with E-state index >= 15 is 0 Å². The molecule has 2 aromatic rings. The summed E-state index contributed by atoms with van der Waals surface area (Å²) >= 11 is 1.65. The molecule has 0 amide bonds. The number of benzene rings is 1. The number of aryl methyl sites for hydroxylation is 1. The number of thiazole rings is 1. The monoisotopic (exact) mass is 260 g/mol. The van der Waals surface area contributed by atoms with Crippen molar-refractivity contribution >= 4 is 16.5 Å². The molecule has 4 heteroatoms. The van der Waals surface area contributed by atoms with Crippen molar-refractivity contribution < 1.29 is 4.74 Å². The van der Waals surface area contributed by atoms with Crippen molar-refractivity contribution in [3.63, 3.8) is 0 Å². The lowest BCUT2D eigenvalue weighted by atomic mass is 9.87. The highest BCUT2D eigenvalue weighted by Crippen LogP contribution is 2.34. The van der Waals surface area contributed by atoms with Gasteiger partial charge in [0, 0.05) is 11.6 Å². The van der Waals surface area contributed by atoms with Gasteiger partial charge in [-0.2, -0.15) is 0 Å². The lowest BCUT2D eigenvalue weighted by Gasteiger charge is -2.26. The number of rotatable bonds is 3. The van der Waals surface area contributed by atoms with E-state index in [0.717, 1.165) is 17.3 Å². The number of hydrogen-bond donors (Lipinski definition) is 1. The van der Waals surface area contributed by atoms with Crippen LogP contribution in [0.25, 0.3) is 0 Å². The molecule has 1 aromatic heterocycles. The number of fused-ring (bicyclic) bond motifs is 1. The second-order valence-electron chi connectivity index (χ2n) is 4.49. The maximum Gasteiger partial charge on any atom is 0.183 e. The molecule has 1 aliphatic rings. The Morgan fingerprint density at radius 3 is 3.17 bits per heavy atom. The highest BCUT2D eigenvalue weighted by atomic mass is 32.1. The number of anilines is 1. The third-order valence-electron chi connectivity index (χ3n) is 3.39. The highest BCUT2D eigenvalue weighted by molar-refractivity contribution is 7.13. The van der Waals surface area contributed by atoms with Crippen molar-refractivity contribution in [2.24, 2.45) is 0 Å².